The van der Waals surface area contributed by atoms with E-state index in [2.05, 4.69) is 4.98 Å². The molecule has 0 heterocycles. The molecule has 4 nitrogen and oxygen atoms in total. The average molecular weight is 148 g/mol. The van der Waals surface area contributed by atoms with Gasteiger partial charge in [0, 0.05) is 0 Å². The predicted molar refractivity (Wildman–Crippen MR) is 40.3 cm³/mol. The van der Waals surface area contributed by atoms with Crippen molar-refractivity contribution in [3.63, 3.8) is 0 Å². The molecule has 0 aliphatic heterocycles. The second-order valence-corrected chi connectivity index (χ2v) is 1.99. The first kappa shape index (κ1) is 7.22. The minimum atomic E-state index is -0.719. The first-order valence-electron chi connectivity index (χ1n) is 2.99. The van der Waals surface area contributed by atoms with Crippen LogP contribution >= 0.6 is 0 Å². The molecule has 2 N–H and O–H groups in total. The van der Waals surface area contributed by atoms with Gasteiger partial charge in [-0.3, -0.25) is 0 Å². The van der Waals surface area contributed by atoms with E-state index >= 15 is 0 Å². The average Bonchev–Trinajstić information content (AvgIpc) is 2.04. The van der Waals surface area contributed by atoms with Crippen LogP contribution in [0.1, 0.15) is 10.4 Å². The van der Waals surface area contributed by atoms with Crippen LogP contribution in [0.3, 0.4) is 0 Å². The molecule has 11 heavy (non-hydrogen) atoms. The second-order valence-electron chi connectivity index (χ2n) is 1.99. The quantitative estimate of drug-likeness (QED) is 0.481. The third-order valence-corrected chi connectivity index (χ3v) is 1.28. The zero-order valence-corrected chi connectivity index (χ0v) is 5.69. The summed E-state index contributed by atoms with van der Waals surface area (Å²) in [6.45, 7) is 0. The van der Waals surface area contributed by atoms with Gasteiger partial charge in [-0.2, -0.15) is 4.79 Å². The maximum Gasteiger partial charge on any atom is 0.595 e. The highest BCUT2D eigenvalue weighted by Gasteiger charge is 2.20. The Hall–Kier alpha value is -1.89. The first-order chi connectivity index (χ1) is 5.25. The zero-order chi connectivity index (χ0) is 8.27. The van der Waals surface area contributed by atoms with Gasteiger partial charge in [-0.15, -0.1) is 0 Å². The van der Waals surface area contributed by atoms with Crippen molar-refractivity contribution in [3.8, 4) is 0 Å². The molecule has 1 rings (SSSR count). The molecule has 0 aromatic heterocycles. The number of nitrogens with zero attached hydrogens (tertiary/aromatic N) is 2. The van der Waals surface area contributed by atoms with Crippen LogP contribution in [-0.2, 0) is 0 Å². The Morgan fingerprint density at radius 2 is 2.09 bits per heavy atom. The van der Waals surface area contributed by atoms with E-state index < -0.39 is 5.91 Å². The Bertz CT molecular complexity index is 327. The third-order valence-electron chi connectivity index (χ3n) is 1.28. The van der Waals surface area contributed by atoms with Crippen LogP contribution in [0, 0.1) is 5.39 Å². The fourth-order valence-electron chi connectivity index (χ4n) is 0.746. The number of hydrogen-bond donors (Lipinski definition) is 1. The molecule has 0 saturated carbocycles. The minimum absolute atomic E-state index is 0.218. The summed E-state index contributed by atoms with van der Waals surface area (Å²) in [4.78, 5) is 13.2. The summed E-state index contributed by atoms with van der Waals surface area (Å²) in [6.07, 6.45) is 0. The van der Waals surface area contributed by atoms with Gasteiger partial charge in [0.25, 0.3) is 0 Å². The Balaban J connectivity index is 3.16. The summed E-state index contributed by atoms with van der Waals surface area (Å²) in [5, 5.41) is 8.13. The molecule has 4 heteroatoms. The van der Waals surface area contributed by atoms with Gasteiger partial charge in [0.2, 0.25) is 10.4 Å². The van der Waals surface area contributed by atoms with Crippen molar-refractivity contribution in [2.45, 2.75) is 0 Å². The molecule has 0 bridgehead atoms. The lowest BCUT2D eigenvalue weighted by Crippen LogP contribution is -1.97. The number of carbonyl (C=O) groups is 1. The molecule has 0 saturated heterocycles. The van der Waals surface area contributed by atoms with Gasteiger partial charge in [-0.25, -0.2) is 0 Å². The Labute approximate surface area is 63.3 Å². The smallest absolute Gasteiger partial charge is 0.398 e. The molecule has 1 amide bonds. The summed E-state index contributed by atoms with van der Waals surface area (Å²) in [5.41, 5.74) is 5.94. The van der Waals surface area contributed by atoms with Gasteiger partial charge >= 0.3 is 5.91 Å². The predicted octanol–water partition coefficient (Wildman–Crippen LogP) is 1.26. The summed E-state index contributed by atoms with van der Waals surface area (Å²) < 4.78 is 0. The number of rotatable bonds is 1. The monoisotopic (exact) mass is 148 g/mol. The van der Waals surface area contributed by atoms with Gasteiger partial charge in [0.1, 0.15) is 5.56 Å². The number of diazo groups is 1. The molecule has 0 fully saturated rings. The first-order valence-corrected chi connectivity index (χ1v) is 2.99. The van der Waals surface area contributed by atoms with Crippen LogP contribution in [0.5, 0.6) is 0 Å². The number of nitrogen functional groups attached to an aromatic ring is 1. The molecule has 54 valence electrons. The molecular formula is C7H6N3O+. The maximum atomic E-state index is 10.7. The number of hydrogen-bond acceptors (Lipinski definition) is 3. The molecule has 0 unspecified atom stereocenters. The number of benzene rings is 1. The zero-order valence-electron chi connectivity index (χ0n) is 5.69. The Morgan fingerprint density at radius 3 is 2.64 bits per heavy atom. The fraction of sp³-hybridized carbons (Fsp3) is 0. The number of nitrogens with two attached hydrogens (primary N) is 1. The van der Waals surface area contributed by atoms with E-state index in [0.29, 0.717) is 5.69 Å². The largest absolute Gasteiger partial charge is 0.595 e. The molecule has 1 aromatic rings. The van der Waals surface area contributed by atoms with Crippen LogP contribution in [0.25, 0.3) is 4.98 Å². The van der Waals surface area contributed by atoms with Crippen molar-refractivity contribution in [1.82, 2.24) is 0 Å². The van der Waals surface area contributed by atoms with Crippen molar-refractivity contribution in [2.75, 3.05) is 5.73 Å². The lowest BCUT2D eigenvalue weighted by atomic mass is 10.2. The van der Waals surface area contributed by atoms with Crippen LogP contribution in [0.15, 0.2) is 24.3 Å². The second kappa shape index (κ2) is 2.80. The fourth-order valence-corrected chi connectivity index (χ4v) is 0.746. The molecule has 0 spiro atoms. The minimum Gasteiger partial charge on any atom is -0.398 e. The Kier molecular flexibility index (Phi) is 1.83. The van der Waals surface area contributed by atoms with Crippen molar-refractivity contribution >= 4 is 11.6 Å². The topological polar surface area (TPSA) is 71.2 Å². The van der Waals surface area contributed by atoms with E-state index in [0.717, 1.165) is 0 Å². The van der Waals surface area contributed by atoms with Gasteiger partial charge in [-0.05, 0) is 12.1 Å². The lowest BCUT2D eigenvalue weighted by Gasteiger charge is -1.90. The highest BCUT2D eigenvalue weighted by molar-refractivity contribution is 6.05. The maximum absolute atomic E-state index is 10.7. The van der Waals surface area contributed by atoms with E-state index in [1.807, 2.05) is 0 Å². The van der Waals surface area contributed by atoms with Gasteiger partial charge < -0.3 is 5.73 Å². The molecule has 0 atom stereocenters. The van der Waals surface area contributed by atoms with E-state index in [-0.39, 0.29) is 5.56 Å². The van der Waals surface area contributed by atoms with E-state index in [1.165, 1.54) is 6.07 Å². The summed E-state index contributed by atoms with van der Waals surface area (Å²) in [6, 6.07) is 6.41. The lowest BCUT2D eigenvalue weighted by molar-refractivity contribution is 0.104. The number of carbonyl (C=O) groups excluding carboxylic acids is 1. The van der Waals surface area contributed by atoms with Gasteiger partial charge in [-0.1, -0.05) is 12.1 Å². The van der Waals surface area contributed by atoms with Crippen molar-refractivity contribution in [1.29, 1.82) is 5.39 Å². The van der Waals surface area contributed by atoms with Crippen molar-refractivity contribution in [2.24, 2.45) is 0 Å². The molecule has 1 aromatic carbocycles. The van der Waals surface area contributed by atoms with Crippen LogP contribution in [0.4, 0.5) is 5.69 Å². The summed E-state index contributed by atoms with van der Waals surface area (Å²) >= 11 is 0. The summed E-state index contributed by atoms with van der Waals surface area (Å²) in [5.74, 6) is -0.719. The van der Waals surface area contributed by atoms with E-state index in [4.69, 9.17) is 11.1 Å². The molecule has 0 aliphatic rings. The third kappa shape index (κ3) is 1.33. The van der Waals surface area contributed by atoms with Crippen molar-refractivity contribution in [3.05, 3.63) is 34.8 Å². The molecule has 0 aliphatic carbocycles. The van der Waals surface area contributed by atoms with Gasteiger partial charge in [0.15, 0.2) is 0 Å². The van der Waals surface area contributed by atoms with Gasteiger partial charge in [0.05, 0.1) is 5.69 Å². The van der Waals surface area contributed by atoms with Crippen LogP contribution in [-0.4, -0.2) is 5.91 Å². The van der Waals surface area contributed by atoms with Crippen molar-refractivity contribution < 1.29 is 4.79 Å². The van der Waals surface area contributed by atoms with Crippen LogP contribution < -0.4 is 5.73 Å². The normalized spacial score (nSPS) is 8.64. The Morgan fingerprint density at radius 1 is 1.45 bits per heavy atom. The summed E-state index contributed by atoms with van der Waals surface area (Å²) in [7, 11) is 0. The number of amides is 1. The van der Waals surface area contributed by atoms with E-state index in [1.54, 1.807) is 18.2 Å². The highest BCUT2D eigenvalue weighted by atomic mass is 16.1. The molecule has 0 radical (unpaired) electrons. The molecular weight excluding hydrogens is 142 g/mol. The highest BCUT2D eigenvalue weighted by Crippen LogP contribution is 2.10. The number of para-hydroxylation sites is 1. The number of anilines is 1. The SMILES string of the molecule is N#[N+]C(=O)c1ccccc1N. The van der Waals surface area contributed by atoms with Crippen LogP contribution in [0.2, 0.25) is 0 Å². The van der Waals surface area contributed by atoms with E-state index in [9.17, 15) is 4.79 Å². The standard InChI is InChI=1S/C7H5N3O/c8-6-4-2-1-3-5(6)7(11)10-9/h1-4H,(H-,8,11)/p+1.